The van der Waals surface area contributed by atoms with Gasteiger partial charge >= 0.3 is 0 Å². The molecule has 0 saturated heterocycles. The van der Waals surface area contributed by atoms with Gasteiger partial charge in [-0.05, 0) is 36.8 Å². The summed E-state index contributed by atoms with van der Waals surface area (Å²) in [6.45, 7) is 2.72. The summed E-state index contributed by atoms with van der Waals surface area (Å²) in [5.74, 6) is 0.745. The molecule has 1 heterocycles. The predicted octanol–water partition coefficient (Wildman–Crippen LogP) is 4.88. The number of benzene rings is 3. The molecule has 0 saturated carbocycles. The third-order valence-corrected chi connectivity index (χ3v) is 6.57. The van der Waals surface area contributed by atoms with Crippen LogP contribution < -0.4 is 19.7 Å². The van der Waals surface area contributed by atoms with Gasteiger partial charge in [0.15, 0.2) is 11.5 Å². The molecule has 1 N–H and O–H groups in total. The van der Waals surface area contributed by atoms with Crippen molar-refractivity contribution in [2.24, 2.45) is 0 Å². The average molecular weight is 471 g/mol. The molecule has 3 aromatic carbocycles. The number of nitrogens with one attached hydrogen (secondary N) is 1. The molecule has 0 bridgehead atoms. The van der Waals surface area contributed by atoms with Crippen LogP contribution in [-0.2, 0) is 9.84 Å². The van der Waals surface area contributed by atoms with Crippen LogP contribution in [0, 0.1) is 5.82 Å². The number of anilines is 2. The number of sulfone groups is 1. The SMILES string of the molecule is CCOc1cc(C(CS(C)(=O)=O)N2CNc3c(-c4ccccc4F)cccc32)ccc1OC. The highest BCUT2D eigenvalue weighted by Crippen LogP contribution is 2.44. The molecule has 0 amide bonds. The van der Waals surface area contributed by atoms with Gasteiger partial charge in [0, 0.05) is 17.4 Å². The normalized spacial score (nSPS) is 13.9. The van der Waals surface area contributed by atoms with Gasteiger partial charge in [0.05, 0.1) is 43.6 Å². The van der Waals surface area contributed by atoms with Gasteiger partial charge in [0.1, 0.15) is 15.7 Å². The summed E-state index contributed by atoms with van der Waals surface area (Å²) in [5.41, 5.74) is 3.61. The molecule has 1 unspecified atom stereocenters. The zero-order valence-electron chi connectivity index (χ0n) is 18.8. The molecular weight excluding hydrogens is 443 g/mol. The van der Waals surface area contributed by atoms with E-state index in [1.807, 2.05) is 42.2 Å². The molecule has 33 heavy (non-hydrogen) atoms. The number of halogens is 1. The largest absolute Gasteiger partial charge is 0.493 e. The Morgan fingerprint density at radius 2 is 1.82 bits per heavy atom. The van der Waals surface area contributed by atoms with E-state index in [4.69, 9.17) is 9.47 Å². The van der Waals surface area contributed by atoms with Crippen LogP contribution >= 0.6 is 0 Å². The second-order valence-electron chi connectivity index (χ2n) is 7.94. The van der Waals surface area contributed by atoms with Crippen molar-refractivity contribution in [2.45, 2.75) is 13.0 Å². The first-order chi connectivity index (χ1) is 15.8. The second kappa shape index (κ2) is 9.31. The summed E-state index contributed by atoms with van der Waals surface area (Å²) in [6, 6.07) is 17.3. The number of methoxy groups -OCH3 is 1. The number of para-hydroxylation sites is 1. The number of hydrogen-bond donors (Lipinski definition) is 1. The summed E-state index contributed by atoms with van der Waals surface area (Å²) in [4.78, 5) is 2.00. The average Bonchev–Trinajstić information content (AvgIpc) is 3.22. The Balaban J connectivity index is 1.80. The smallest absolute Gasteiger partial charge is 0.161 e. The fraction of sp³-hybridized carbons (Fsp3) is 0.280. The molecule has 3 aromatic rings. The first-order valence-electron chi connectivity index (χ1n) is 10.7. The van der Waals surface area contributed by atoms with E-state index < -0.39 is 15.9 Å². The molecule has 0 radical (unpaired) electrons. The highest BCUT2D eigenvalue weighted by Gasteiger charge is 2.32. The molecule has 1 aliphatic rings. The van der Waals surface area contributed by atoms with Crippen molar-refractivity contribution in [1.82, 2.24) is 0 Å². The Bertz CT molecular complexity index is 1260. The van der Waals surface area contributed by atoms with Crippen molar-refractivity contribution < 1.29 is 22.3 Å². The van der Waals surface area contributed by atoms with Crippen molar-refractivity contribution in [3.8, 4) is 22.6 Å². The monoisotopic (exact) mass is 470 g/mol. The first kappa shape index (κ1) is 22.9. The van der Waals surface area contributed by atoms with E-state index in [0.717, 1.165) is 22.5 Å². The molecule has 174 valence electrons. The van der Waals surface area contributed by atoms with Crippen molar-refractivity contribution in [3.05, 3.63) is 72.0 Å². The maximum Gasteiger partial charge on any atom is 0.161 e. The van der Waals surface area contributed by atoms with E-state index in [2.05, 4.69) is 5.32 Å². The maximum absolute atomic E-state index is 14.5. The van der Waals surface area contributed by atoms with E-state index in [1.165, 1.54) is 12.3 Å². The lowest BCUT2D eigenvalue weighted by Crippen LogP contribution is -2.33. The fourth-order valence-electron chi connectivity index (χ4n) is 4.22. The lowest BCUT2D eigenvalue weighted by molar-refractivity contribution is 0.310. The molecule has 1 atom stereocenters. The second-order valence-corrected chi connectivity index (χ2v) is 10.1. The zero-order valence-corrected chi connectivity index (χ0v) is 19.7. The Kier molecular flexibility index (Phi) is 6.47. The number of nitrogens with zero attached hydrogens (tertiary/aromatic N) is 1. The minimum Gasteiger partial charge on any atom is -0.493 e. The minimum absolute atomic E-state index is 0.0874. The summed E-state index contributed by atoms with van der Waals surface area (Å²) in [6.07, 6.45) is 1.23. The first-order valence-corrected chi connectivity index (χ1v) is 12.7. The molecule has 0 aromatic heterocycles. The fourth-order valence-corrected chi connectivity index (χ4v) is 5.16. The highest BCUT2D eigenvalue weighted by atomic mass is 32.2. The van der Waals surface area contributed by atoms with Crippen LogP contribution in [0.15, 0.2) is 60.7 Å². The quantitative estimate of drug-likeness (QED) is 0.506. The van der Waals surface area contributed by atoms with Crippen LogP contribution in [0.3, 0.4) is 0 Å². The van der Waals surface area contributed by atoms with E-state index in [9.17, 15) is 12.8 Å². The van der Waals surface area contributed by atoms with E-state index in [1.54, 1.807) is 31.4 Å². The van der Waals surface area contributed by atoms with Crippen molar-refractivity contribution >= 4 is 21.2 Å². The Morgan fingerprint density at radius 3 is 2.52 bits per heavy atom. The number of fused-ring (bicyclic) bond motifs is 1. The van der Waals surface area contributed by atoms with E-state index in [0.29, 0.717) is 30.3 Å². The predicted molar refractivity (Wildman–Crippen MR) is 129 cm³/mol. The highest BCUT2D eigenvalue weighted by molar-refractivity contribution is 7.90. The molecule has 1 aliphatic heterocycles. The molecule has 0 fully saturated rings. The summed E-state index contributed by atoms with van der Waals surface area (Å²) in [5, 5.41) is 3.35. The number of hydrogen-bond acceptors (Lipinski definition) is 6. The lowest BCUT2D eigenvalue weighted by Gasteiger charge is -2.30. The molecular formula is C25H27FN2O4S. The Morgan fingerprint density at radius 1 is 1.06 bits per heavy atom. The number of rotatable bonds is 8. The van der Waals surface area contributed by atoms with Crippen molar-refractivity contribution in [3.63, 3.8) is 0 Å². The Labute approximate surface area is 193 Å². The molecule has 6 nitrogen and oxygen atoms in total. The van der Waals surface area contributed by atoms with Crippen LogP contribution in [0.25, 0.3) is 11.1 Å². The molecule has 0 spiro atoms. The van der Waals surface area contributed by atoms with Gasteiger partial charge in [-0.1, -0.05) is 36.4 Å². The minimum atomic E-state index is -3.32. The van der Waals surface area contributed by atoms with E-state index in [-0.39, 0.29) is 11.6 Å². The molecule has 8 heteroatoms. The molecule has 4 rings (SSSR count). The van der Waals surface area contributed by atoms with Crippen LogP contribution in [-0.4, -0.2) is 40.8 Å². The van der Waals surface area contributed by atoms with Crippen LogP contribution in [0.2, 0.25) is 0 Å². The lowest BCUT2D eigenvalue weighted by atomic mass is 10.0. The molecule has 0 aliphatic carbocycles. The number of ether oxygens (including phenoxy) is 2. The topological polar surface area (TPSA) is 67.9 Å². The van der Waals surface area contributed by atoms with E-state index >= 15 is 0 Å². The van der Waals surface area contributed by atoms with Gasteiger partial charge in [-0.3, -0.25) is 0 Å². The van der Waals surface area contributed by atoms with Crippen molar-refractivity contribution in [2.75, 3.05) is 42.6 Å². The third-order valence-electron chi connectivity index (χ3n) is 5.65. The van der Waals surface area contributed by atoms with Crippen molar-refractivity contribution in [1.29, 1.82) is 0 Å². The van der Waals surface area contributed by atoms with Crippen LogP contribution in [0.4, 0.5) is 15.8 Å². The van der Waals surface area contributed by atoms with Gasteiger partial charge in [-0.2, -0.15) is 0 Å². The standard InChI is InChI=1S/C25H27FN2O4S/c1-4-32-24-14-17(12-13-23(24)31-2)22(15-33(3,29)30)28-16-27-25-19(9-7-11-21(25)28)18-8-5-6-10-20(18)26/h5-14,22,27H,4,15-16H2,1-3H3. The summed E-state index contributed by atoms with van der Waals surface area (Å²) in [7, 11) is -1.76. The summed E-state index contributed by atoms with van der Waals surface area (Å²) < 4.78 is 50.4. The van der Waals surface area contributed by atoms with Gasteiger partial charge in [0.25, 0.3) is 0 Å². The third kappa shape index (κ3) is 4.75. The van der Waals surface area contributed by atoms with Gasteiger partial charge in [-0.25, -0.2) is 12.8 Å². The van der Waals surface area contributed by atoms with Gasteiger partial charge < -0.3 is 19.7 Å². The van der Waals surface area contributed by atoms with Crippen LogP contribution in [0.5, 0.6) is 11.5 Å². The van der Waals surface area contributed by atoms with Gasteiger partial charge in [-0.15, -0.1) is 0 Å². The Hall–Kier alpha value is -3.26. The van der Waals surface area contributed by atoms with Gasteiger partial charge in [0.2, 0.25) is 0 Å². The van der Waals surface area contributed by atoms with Crippen LogP contribution in [0.1, 0.15) is 18.5 Å². The maximum atomic E-state index is 14.5. The summed E-state index contributed by atoms with van der Waals surface area (Å²) >= 11 is 0. The zero-order chi connectivity index (χ0) is 23.6.